The van der Waals surface area contributed by atoms with Crippen LogP contribution >= 0.6 is 0 Å². The van der Waals surface area contributed by atoms with E-state index in [1.807, 2.05) is 24.3 Å². The van der Waals surface area contributed by atoms with E-state index in [0.717, 1.165) is 0 Å². The fourth-order valence-electron chi connectivity index (χ4n) is 3.20. The van der Waals surface area contributed by atoms with Gasteiger partial charge in [-0.1, -0.05) is 32.9 Å². The van der Waals surface area contributed by atoms with Crippen LogP contribution in [0, 0.1) is 13.8 Å². The summed E-state index contributed by atoms with van der Waals surface area (Å²) in [5.41, 5.74) is 2.97. The Bertz CT molecular complexity index is 1250. The van der Waals surface area contributed by atoms with Crippen LogP contribution in [0.5, 0.6) is 5.75 Å². The summed E-state index contributed by atoms with van der Waals surface area (Å²) in [5, 5.41) is 2.74. The van der Waals surface area contributed by atoms with Crippen molar-refractivity contribution in [2.75, 3.05) is 10.0 Å². The number of aromatic nitrogens is 2. The highest BCUT2D eigenvalue weighted by atomic mass is 32.2. The summed E-state index contributed by atoms with van der Waals surface area (Å²) < 4.78 is 33.4. The topological polar surface area (TPSA) is 110 Å². The fraction of sp³-hybridized carbons (Fsp3) is 0.320. The number of anilines is 2. The van der Waals surface area contributed by atoms with Crippen LogP contribution < -0.4 is 14.8 Å². The van der Waals surface area contributed by atoms with E-state index in [2.05, 4.69) is 40.8 Å². The van der Waals surface area contributed by atoms with Crippen molar-refractivity contribution >= 4 is 27.6 Å². The Kier molecular flexibility index (Phi) is 7.26. The van der Waals surface area contributed by atoms with Gasteiger partial charge in [-0.3, -0.25) is 4.79 Å². The molecule has 0 saturated carbocycles. The van der Waals surface area contributed by atoms with Gasteiger partial charge in [0.2, 0.25) is 5.95 Å². The molecule has 1 aromatic heterocycles. The molecule has 0 aliphatic carbocycles. The number of nitrogens with one attached hydrogen (secondary N) is 2. The van der Waals surface area contributed by atoms with Gasteiger partial charge in [0.05, 0.1) is 4.90 Å². The van der Waals surface area contributed by atoms with Gasteiger partial charge >= 0.3 is 0 Å². The van der Waals surface area contributed by atoms with Crippen molar-refractivity contribution in [2.24, 2.45) is 0 Å². The number of aryl methyl sites for hydroxylation is 2. The molecule has 0 fully saturated rings. The Hall–Kier alpha value is -3.46. The second-order valence-corrected chi connectivity index (χ2v) is 10.8. The number of nitrogens with zero attached hydrogens (tertiary/aromatic N) is 2. The first kappa shape index (κ1) is 25.2. The molecule has 0 bridgehead atoms. The summed E-state index contributed by atoms with van der Waals surface area (Å²) in [7, 11) is -3.88. The normalized spacial score (nSPS) is 12.6. The van der Waals surface area contributed by atoms with Crippen LogP contribution in [-0.4, -0.2) is 30.4 Å². The molecule has 2 N–H and O–H groups in total. The van der Waals surface area contributed by atoms with E-state index in [0.29, 0.717) is 22.8 Å². The smallest absolute Gasteiger partial charge is 0.265 e. The SMILES string of the molecule is Cc1cc(C)nc(NS(=O)(=O)c2ccc(NC(=O)[C@H](C)Oc3ccc(C(C)(C)C)cc3)cc2)n1. The minimum Gasteiger partial charge on any atom is -0.481 e. The van der Waals surface area contributed by atoms with Gasteiger partial charge in [0.1, 0.15) is 5.75 Å². The van der Waals surface area contributed by atoms with Crippen LogP contribution in [0.15, 0.2) is 59.5 Å². The summed E-state index contributed by atoms with van der Waals surface area (Å²) in [5.74, 6) is 0.255. The number of hydrogen-bond donors (Lipinski definition) is 2. The predicted molar refractivity (Wildman–Crippen MR) is 133 cm³/mol. The molecule has 1 atom stereocenters. The lowest BCUT2D eigenvalue weighted by Crippen LogP contribution is -2.30. The number of benzene rings is 2. The minimum absolute atomic E-state index is 0.0105. The summed E-state index contributed by atoms with van der Waals surface area (Å²) in [6.07, 6.45) is -0.743. The molecule has 0 unspecified atom stereocenters. The van der Waals surface area contributed by atoms with Crippen molar-refractivity contribution < 1.29 is 17.9 Å². The highest BCUT2D eigenvalue weighted by Crippen LogP contribution is 2.25. The zero-order valence-corrected chi connectivity index (χ0v) is 21.0. The average Bonchev–Trinajstić information content (AvgIpc) is 2.72. The molecular formula is C25H30N4O4S. The van der Waals surface area contributed by atoms with Crippen molar-refractivity contribution in [1.82, 2.24) is 9.97 Å². The van der Waals surface area contributed by atoms with Crippen molar-refractivity contribution in [3.8, 4) is 5.75 Å². The summed E-state index contributed by atoms with van der Waals surface area (Å²) >= 11 is 0. The zero-order valence-electron chi connectivity index (χ0n) is 20.2. The maximum Gasteiger partial charge on any atom is 0.265 e. The summed E-state index contributed by atoms with van der Waals surface area (Å²) in [6, 6.07) is 15.2. The van der Waals surface area contributed by atoms with Crippen molar-refractivity contribution in [3.05, 3.63) is 71.5 Å². The number of carbonyl (C=O) groups excluding carboxylic acids is 1. The van der Waals surface area contributed by atoms with E-state index >= 15 is 0 Å². The van der Waals surface area contributed by atoms with Crippen LogP contribution in [0.4, 0.5) is 11.6 Å². The minimum atomic E-state index is -3.88. The molecular weight excluding hydrogens is 452 g/mol. The van der Waals surface area contributed by atoms with E-state index in [1.54, 1.807) is 26.8 Å². The molecule has 0 saturated heterocycles. The highest BCUT2D eigenvalue weighted by molar-refractivity contribution is 7.92. The molecule has 1 heterocycles. The van der Waals surface area contributed by atoms with Gasteiger partial charge in [0.15, 0.2) is 6.10 Å². The molecule has 3 rings (SSSR count). The van der Waals surface area contributed by atoms with Crippen LogP contribution in [-0.2, 0) is 20.2 Å². The van der Waals surface area contributed by atoms with Gasteiger partial charge < -0.3 is 10.1 Å². The molecule has 0 spiro atoms. The van der Waals surface area contributed by atoms with Gasteiger partial charge in [0.25, 0.3) is 15.9 Å². The standard InChI is InChI=1S/C25H30N4O4S/c1-16-15-17(2)27-24(26-16)29-34(31,32)22-13-9-20(10-14-22)28-23(30)18(3)33-21-11-7-19(8-12-21)25(4,5)6/h7-15,18H,1-6H3,(H,28,30)(H,26,27,29)/t18-/m0/s1. The van der Waals surface area contributed by atoms with E-state index < -0.39 is 16.1 Å². The van der Waals surface area contributed by atoms with Crippen LogP contribution in [0.1, 0.15) is 44.6 Å². The van der Waals surface area contributed by atoms with Crippen LogP contribution in [0.25, 0.3) is 0 Å². The molecule has 34 heavy (non-hydrogen) atoms. The fourth-order valence-corrected chi connectivity index (χ4v) is 4.15. The molecule has 2 aromatic carbocycles. The van der Waals surface area contributed by atoms with Gasteiger partial charge in [-0.25, -0.2) is 23.1 Å². The first-order chi connectivity index (χ1) is 15.8. The zero-order chi connectivity index (χ0) is 25.1. The van der Waals surface area contributed by atoms with Gasteiger partial charge in [-0.05, 0) is 74.2 Å². The average molecular weight is 483 g/mol. The lowest BCUT2D eigenvalue weighted by Gasteiger charge is -2.20. The molecule has 8 nitrogen and oxygen atoms in total. The monoisotopic (exact) mass is 482 g/mol. The Morgan fingerprint density at radius 1 is 0.941 bits per heavy atom. The van der Waals surface area contributed by atoms with E-state index in [4.69, 9.17) is 4.74 Å². The summed E-state index contributed by atoms with van der Waals surface area (Å²) in [6.45, 7) is 11.6. The van der Waals surface area contributed by atoms with E-state index in [1.165, 1.54) is 29.8 Å². The molecule has 0 aliphatic rings. The van der Waals surface area contributed by atoms with Crippen molar-refractivity contribution in [3.63, 3.8) is 0 Å². The van der Waals surface area contributed by atoms with Crippen molar-refractivity contribution in [2.45, 2.75) is 58.0 Å². The third-order valence-electron chi connectivity index (χ3n) is 5.04. The Labute approximate surface area is 200 Å². The lowest BCUT2D eigenvalue weighted by molar-refractivity contribution is -0.122. The second kappa shape index (κ2) is 9.80. The number of rotatable bonds is 7. The Morgan fingerprint density at radius 2 is 1.50 bits per heavy atom. The van der Waals surface area contributed by atoms with Crippen LogP contribution in [0.3, 0.4) is 0 Å². The Morgan fingerprint density at radius 3 is 2.03 bits per heavy atom. The van der Waals surface area contributed by atoms with E-state index in [9.17, 15) is 13.2 Å². The van der Waals surface area contributed by atoms with E-state index in [-0.39, 0.29) is 22.2 Å². The Balaban J connectivity index is 1.62. The number of carbonyl (C=O) groups is 1. The van der Waals surface area contributed by atoms with Gasteiger partial charge in [-0.2, -0.15) is 0 Å². The number of ether oxygens (including phenoxy) is 1. The number of amides is 1. The van der Waals surface area contributed by atoms with Crippen LogP contribution in [0.2, 0.25) is 0 Å². The number of sulfonamides is 1. The second-order valence-electron chi connectivity index (χ2n) is 9.13. The highest BCUT2D eigenvalue weighted by Gasteiger charge is 2.19. The lowest BCUT2D eigenvalue weighted by atomic mass is 9.87. The molecule has 9 heteroatoms. The molecule has 3 aromatic rings. The van der Waals surface area contributed by atoms with Crippen molar-refractivity contribution in [1.29, 1.82) is 0 Å². The quantitative estimate of drug-likeness (QED) is 0.509. The first-order valence-electron chi connectivity index (χ1n) is 10.9. The first-order valence-corrected chi connectivity index (χ1v) is 12.3. The molecule has 0 aliphatic heterocycles. The van der Waals surface area contributed by atoms with Gasteiger partial charge in [0, 0.05) is 17.1 Å². The number of hydrogen-bond acceptors (Lipinski definition) is 6. The third-order valence-corrected chi connectivity index (χ3v) is 6.39. The largest absolute Gasteiger partial charge is 0.481 e. The third kappa shape index (κ3) is 6.54. The molecule has 1 amide bonds. The molecule has 180 valence electrons. The molecule has 0 radical (unpaired) electrons. The van der Waals surface area contributed by atoms with Gasteiger partial charge in [-0.15, -0.1) is 0 Å². The maximum absolute atomic E-state index is 12.7. The summed E-state index contributed by atoms with van der Waals surface area (Å²) in [4.78, 5) is 20.8. The maximum atomic E-state index is 12.7. The predicted octanol–water partition coefficient (Wildman–Crippen LogP) is 4.60.